The molecule has 0 spiro atoms. The van der Waals surface area contributed by atoms with Crippen LogP contribution in [0.2, 0.25) is 0 Å². The van der Waals surface area contributed by atoms with Gasteiger partial charge in [0, 0.05) is 12.7 Å². The fourth-order valence-corrected chi connectivity index (χ4v) is 1.86. The number of anilines is 1. The Morgan fingerprint density at radius 1 is 1.67 bits per heavy atom. The van der Waals surface area contributed by atoms with Crippen molar-refractivity contribution in [3.05, 3.63) is 18.3 Å². The van der Waals surface area contributed by atoms with Gasteiger partial charge in [0.2, 0.25) is 0 Å². The number of nitrogens with zero attached hydrogens (tertiary/aromatic N) is 3. The van der Waals surface area contributed by atoms with Crippen LogP contribution in [0, 0.1) is 11.3 Å². The number of nitriles is 1. The van der Waals surface area contributed by atoms with E-state index >= 15 is 0 Å². The van der Waals surface area contributed by atoms with Gasteiger partial charge in [-0.25, -0.2) is 4.98 Å². The third-order valence-electron chi connectivity index (χ3n) is 2.72. The second-order valence-corrected chi connectivity index (χ2v) is 4.11. The molecule has 0 N–H and O–H groups in total. The van der Waals surface area contributed by atoms with E-state index in [1.165, 1.54) is 0 Å². The molecule has 1 aromatic rings. The van der Waals surface area contributed by atoms with Gasteiger partial charge < -0.3 is 14.4 Å². The number of ether oxygens (including phenoxy) is 2. The van der Waals surface area contributed by atoms with Crippen molar-refractivity contribution in [2.45, 2.75) is 19.4 Å². The molecule has 5 heteroatoms. The van der Waals surface area contributed by atoms with Gasteiger partial charge in [-0.3, -0.25) is 0 Å². The van der Waals surface area contributed by atoms with Crippen molar-refractivity contribution in [2.24, 2.45) is 0 Å². The molecule has 1 fully saturated rings. The molecule has 96 valence electrons. The first kappa shape index (κ1) is 12.7. The van der Waals surface area contributed by atoms with Gasteiger partial charge in [0.15, 0.2) is 17.7 Å². The lowest BCUT2D eigenvalue weighted by Gasteiger charge is -2.31. The molecule has 0 amide bonds. The van der Waals surface area contributed by atoms with Crippen LogP contribution in [0.1, 0.15) is 13.3 Å². The van der Waals surface area contributed by atoms with Crippen LogP contribution in [-0.4, -0.2) is 37.4 Å². The molecule has 0 aliphatic carbocycles. The zero-order valence-corrected chi connectivity index (χ0v) is 10.5. The minimum Gasteiger partial charge on any atom is -0.490 e. The first-order valence-electron chi connectivity index (χ1n) is 6.19. The molecular formula is C13H17N3O2. The lowest BCUT2D eigenvalue weighted by Crippen LogP contribution is -2.42. The van der Waals surface area contributed by atoms with E-state index in [0.29, 0.717) is 19.8 Å². The van der Waals surface area contributed by atoms with E-state index in [1.54, 1.807) is 6.20 Å². The van der Waals surface area contributed by atoms with Gasteiger partial charge in [0.1, 0.15) is 0 Å². The van der Waals surface area contributed by atoms with E-state index in [4.69, 9.17) is 14.7 Å². The topological polar surface area (TPSA) is 58.4 Å². The quantitative estimate of drug-likeness (QED) is 0.808. The molecule has 1 aliphatic heterocycles. The Kier molecular flexibility index (Phi) is 4.37. The largest absolute Gasteiger partial charge is 0.490 e. The highest BCUT2D eigenvalue weighted by Crippen LogP contribution is 2.26. The van der Waals surface area contributed by atoms with Crippen molar-refractivity contribution in [1.82, 2.24) is 4.98 Å². The zero-order valence-electron chi connectivity index (χ0n) is 10.5. The normalized spacial score (nSPS) is 19.3. The molecule has 1 aromatic heterocycles. The van der Waals surface area contributed by atoms with E-state index in [2.05, 4.69) is 18.0 Å². The smallest absolute Gasteiger partial charge is 0.171 e. The Bertz CT molecular complexity index is 430. The first-order chi connectivity index (χ1) is 8.85. The maximum atomic E-state index is 8.91. The minimum absolute atomic E-state index is 0.389. The van der Waals surface area contributed by atoms with Gasteiger partial charge >= 0.3 is 0 Å². The lowest BCUT2D eigenvalue weighted by atomic mass is 10.3. The molecule has 0 radical (unpaired) electrons. The maximum absolute atomic E-state index is 8.91. The number of rotatable bonds is 4. The molecule has 0 bridgehead atoms. The van der Waals surface area contributed by atoms with Crippen LogP contribution >= 0.6 is 0 Å². The van der Waals surface area contributed by atoms with Crippen molar-refractivity contribution < 1.29 is 9.47 Å². The first-order valence-corrected chi connectivity index (χ1v) is 6.19. The fourth-order valence-electron chi connectivity index (χ4n) is 1.86. The third kappa shape index (κ3) is 2.90. The molecule has 1 atom stereocenters. The van der Waals surface area contributed by atoms with Crippen molar-refractivity contribution >= 4 is 5.82 Å². The third-order valence-corrected chi connectivity index (χ3v) is 2.72. The highest BCUT2D eigenvalue weighted by molar-refractivity contribution is 5.52. The molecule has 1 saturated heterocycles. The maximum Gasteiger partial charge on any atom is 0.171 e. The van der Waals surface area contributed by atoms with Crippen LogP contribution < -0.4 is 9.64 Å². The molecule has 18 heavy (non-hydrogen) atoms. The van der Waals surface area contributed by atoms with E-state index in [0.717, 1.165) is 24.5 Å². The van der Waals surface area contributed by atoms with Crippen LogP contribution in [-0.2, 0) is 4.74 Å². The lowest BCUT2D eigenvalue weighted by molar-refractivity contribution is 0.0759. The van der Waals surface area contributed by atoms with Gasteiger partial charge in [-0.05, 0) is 18.6 Å². The summed E-state index contributed by atoms with van der Waals surface area (Å²) in [5.41, 5.74) is 0. The van der Waals surface area contributed by atoms with E-state index in [1.807, 2.05) is 17.0 Å². The van der Waals surface area contributed by atoms with Gasteiger partial charge in [0.25, 0.3) is 0 Å². The fraction of sp³-hybridized carbons (Fsp3) is 0.538. The summed E-state index contributed by atoms with van der Waals surface area (Å²) in [6, 6.07) is 5.90. The number of hydrogen-bond donors (Lipinski definition) is 0. The van der Waals surface area contributed by atoms with Gasteiger partial charge in [0.05, 0.1) is 25.8 Å². The van der Waals surface area contributed by atoms with Crippen LogP contribution in [0.25, 0.3) is 0 Å². The number of hydrogen-bond acceptors (Lipinski definition) is 5. The molecule has 1 unspecified atom stereocenters. The summed E-state index contributed by atoms with van der Waals surface area (Å²) in [5, 5.41) is 8.91. The number of morpholine rings is 1. The average molecular weight is 247 g/mol. The Balaban J connectivity index is 2.14. The Hall–Kier alpha value is -1.80. The number of pyridine rings is 1. The monoisotopic (exact) mass is 247 g/mol. The average Bonchev–Trinajstić information content (AvgIpc) is 2.45. The van der Waals surface area contributed by atoms with Crippen molar-refractivity contribution in [1.29, 1.82) is 5.26 Å². The highest BCUT2D eigenvalue weighted by atomic mass is 16.5. The summed E-state index contributed by atoms with van der Waals surface area (Å²) >= 11 is 0. The van der Waals surface area contributed by atoms with Gasteiger partial charge in [-0.15, -0.1) is 0 Å². The van der Waals surface area contributed by atoms with Gasteiger partial charge in [-0.2, -0.15) is 5.26 Å². The molecule has 2 rings (SSSR count). The molecule has 1 aliphatic rings. The zero-order chi connectivity index (χ0) is 12.8. The van der Waals surface area contributed by atoms with Crippen LogP contribution in [0.3, 0.4) is 0 Å². The SMILES string of the molecule is CCCOc1cccnc1N1CCOC(C#N)C1. The standard InChI is InChI=1S/C13H17N3O2/c1-2-7-18-12-4-3-5-15-13(12)16-6-8-17-11(9-14)10-16/h3-5,11H,2,6-8,10H2,1H3. The minimum atomic E-state index is -0.389. The molecule has 2 heterocycles. The van der Waals surface area contributed by atoms with Crippen LogP contribution in [0.15, 0.2) is 18.3 Å². The number of aromatic nitrogens is 1. The van der Waals surface area contributed by atoms with Crippen molar-refractivity contribution in [2.75, 3.05) is 31.2 Å². The summed E-state index contributed by atoms with van der Waals surface area (Å²) < 4.78 is 11.0. The van der Waals surface area contributed by atoms with Crippen molar-refractivity contribution in [3.63, 3.8) is 0 Å². The summed E-state index contributed by atoms with van der Waals surface area (Å²) in [7, 11) is 0. The Labute approximate surface area is 107 Å². The van der Waals surface area contributed by atoms with E-state index < -0.39 is 0 Å². The predicted octanol–water partition coefficient (Wildman–Crippen LogP) is 1.60. The predicted molar refractivity (Wildman–Crippen MR) is 67.6 cm³/mol. The summed E-state index contributed by atoms with van der Waals surface area (Å²) in [5.74, 6) is 1.58. The van der Waals surface area contributed by atoms with Crippen LogP contribution in [0.4, 0.5) is 5.82 Å². The molecule has 0 aromatic carbocycles. The van der Waals surface area contributed by atoms with Crippen molar-refractivity contribution in [3.8, 4) is 11.8 Å². The molecule has 0 saturated carbocycles. The van der Waals surface area contributed by atoms with Crippen LogP contribution in [0.5, 0.6) is 5.75 Å². The second-order valence-electron chi connectivity index (χ2n) is 4.11. The molecular weight excluding hydrogens is 230 g/mol. The summed E-state index contributed by atoms with van der Waals surface area (Å²) in [6.07, 6.45) is 2.31. The van der Waals surface area contributed by atoms with E-state index in [-0.39, 0.29) is 6.10 Å². The van der Waals surface area contributed by atoms with E-state index in [9.17, 15) is 0 Å². The summed E-state index contributed by atoms with van der Waals surface area (Å²) in [6.45, 7) is 4.55. The Morgan fingerprint density at radius 2 is 2.56 bits per heavy atom. The Morgan fingerprint density at radius 3 is 3.33 bits per heavy atom. The molecule has 5 nitrogen and oxygen atoms in total. The highest BCUT2D eigenvalue weighted by Gasteiger charge is 2.23. The second kappa shape index (κ2) is 6.22. The van der Waals surface area contributed by atoms with Gasteiger partial charge in [-0.1, -0.05) is 6.92 Å². The summed E-state index contributed by atoms with van der Waals surface area (Å²) in [4.78, 5) is 6.40.